The lowest BCUT2D eigenvalue weighted by atomic mass is 10.9. The molecule has 0 spiro atoms. The molecule has 0 aliphatic carbocycles. The third kappa shape index (κ3) is 2.73. The lowest BCUT2D eigenvalue weighted by Crippen LogP contribution is -1.92. The van der Waals surface area contributed by atoms with Crippen LogP contribution in [-0.4, -0.2) is 24.4 Å². The fourth-order valence-corrected chi connectivity index (χ4v) is 2.64. The van der Waals surface area contributed by atoms with Crippen LogP contribution in [0.2, 0.25) is 0 Å². The van der Waals surface area contributed by atoms with Crippen LogP contribution >= 0.6 is 18.9 Å². The SMILES string of the molecule is COP(=O)(Cc1nnc(N)s1)OC. The van der Waals surface area contributed by atoms with Crippen molar-refractivity contribution < 1.29 is 13.6 Å². The fourth-order valence-electron chi connectivity index (χ4n) is 0.700. The van der Waals surface area contributed by atoms with E-state index in [-0.39, 0.29) is 6.16 Å². The van der Waals surface area contributed by atoms with Gasteiger partial charge in [0, 0.05) is 14.2 Å². The van der Waals surface area contributed by atoms with Crippen LogP contribution < -0.4 is 5.73 Å². The summed E-state index contributed by atoms with van der Waals surface area (Å²) in [6, 6.07) is 0. The van der Waals surface area contributed by atoms with Crippen molar-refractivity contribution in [3.8, 4) is 0 Å². The Morgan fingerprint density at radius 3 is 2.46 bits per heavy atom. The van der Waals surface area contributed by atoms with Crippen LogP contribution in [0.25, 0.3) is 0 Å². The molecule has 0 saturated carbocycles. The van der Waals surface area contributed by atoms with Gasteiger partial charge in [0.25, 0.3) is 0 Å². The van der Waals surface area contributed by atoms with E-state index in [0.717, 1.165) is 0 Å². The van der Waals surface area contributed by atoms with E-state index in [4.69, 9.17) is 14.8 Å². The summed E-state index contributed by atoms with van der Waals surface area (Å²) in [6.45, 7) is 0. The zero-order valence-electron chi connectivity index (χ0n) is 7.26. The zero-order chi connectivity index (χ0) is 9.90. The predicted molar refractivity (Wildman–Crippen MR) is 49.6 cm³/mol. The van der Waals surface area contributed by atoms with E-state index in [1.807, 2.05) is 0 Å². The van der Waals surface area contributed by atoms with E-state index in [0.29, 0.717) is 10.1 Å². The van der Waals surface area contributed by atoms with Crippen LogP contribution in [-0.2, 0) is 19.8 Å². The quantitative estimate of drug-likeness (QED) is 0.769. The maximum Gasteiger partial charge on any atom is 0.337 e. The summed E-state index contributed by atoms with van der Waals surface area (Å²) in [6.07, 6.45) is 0.106. The molecule has 0 aromatic carbocycles. The molecule has 6 nitrogen and oxygen atoms in total. The lowest BCUT2D eigenvalue weighted by Gasteiger charge is -2.10. The molecule has 2 N–H and O–H groups in total. The first-order valence-electron chi connectivity index (χ1n) is 3.38. The summed E-state index contributed by atoms with van der Waals surface area (Å²) < 4.78 is 21.0. The molecule has 0 radical (unpaired) electrons. The predicted octanol–water partition coefficient (Wildman–Crippen LogP) is 1.11. The minimum absolute atomic E-state index is 0.106. The van der Waals surface area contributed by atoms with Gasteiger partial charge in [0.05, 0.1) is 0 Å². The minimum atomic E-state index is -3.04. The van der Waals surface area contributed by atoms with Crippen molar-refractivity contribution >= 4 is 24.1 Å². The van der Waals surface area contributed by atoms with E-state index >= 15 is 0 Å². The normalized spacial score (nSPS) is 11.8. The molecular weight excluding hydrogens is 213 g/mol. The first-order valence-corrected chi connectivity index (χ1v) is 5.92. The molecule has 8 heteroatoms. The third-order valence-corrected chi connectivity index (χ3v) is 4.13. The van der Waals surface area contributed by atoms with Gasteiger partial charge in [0.15, 0.2) is 0 Å². The van der Waals surface area contributed by atoms with Gasteiger partial charge in [-0.15, -0.1) is 10.2 Å². The first-order chi connectivity index (χ1) is 6.09. The Morgan fingerprint density at radius 1 is 1.46 bits per heavy atom. The lowest BCUT2D eigenvalue weighted by molar-refractivity contribution is 0.274. The first kappa shape index (κ1) is 10.6. The highest BCUT2D eigenvalue weighted by Crippen LogP contribution is 2.50. The Balaban J connectivity index is 2.73. The number of hydrogen-bond donors (Lipinski definition) is 1. The molecular formula is C5H10N3O3PS. The van der Waals surface area contributed by atoms with Crippen LogP contribution in [0.3, 0.4) is 0 Å². The van der Waals surface area contributed by atoms with Crippen LogP contribution in [0.1, 0.15) is 5.01 Å². The Kier molecular flexibility index (Phi) is 3.38. The van der Waals surface area contributed by atoms with Gasteiger partial charge in [-0.1, -0.05) is 11.3 Å². The van der Waals surface area contributed by atoms with Crippen molar-refractivity contribution in [3.63, 3.8) is 0 Å². The zero-order valence-corrected chi connectivity index (χ0v) is 8.97. The van der Waals surface area contributed by atoms with Gasteiger partial charge < -0.3 is 14.8 Å². The van der Waals surface area contributed by atoms with E-state index < -0.39 is 7.60 Å². The molecule has 0 aliphatic heterocycles. The highest BCUT2D eigenvalue weighted by atomic mass is 32.1. The molecule has 1 aromatic heterocycles. The number of hydrogen-bond acceptors (Lipinski definition) is 7. The number of anilines is 1. The van der Waals surface area contributed by atoms with E-state index in [1.165, 1.54) is 25.6 Å². The highest BCUT2D eigenvalue weighted by molar-refractivity contribution is 7.53. The standard InChI is InChI=1S/C5H10N3O3PS/c1-10-12(9,11-2)3-4-7-8-5(6)13-4/h3H2,1-2H3,(H2,6,8). The Hall–Kier alpha value is -0.490. The molecule has 0 aliphatic rings. The second-order valence-electron chi connectivity index (χ2n) is 2.17. The third-order valence-electron chi connectivity index (χ3n) is 1.37. The maximum absolute atomic E-state index is 11.6. The summed E-state index contributed by atoms with van der Waals surface area (Å²) >= 11 is 1.17. The van der Waals surface area contributed by atoms with Gasteiger partial charge in [-0.2, -0.15) is 0 Å². The topological polar surface area (TPSA) is 87.3 Å². The van der Waals surface area contributed by atoms with Gasteiger partial charge in [0.2, 0.25) is 5.13 Å². The monoisotopic (exact) mass is 223 g/mol. The second kappa shape index (κ2) is 4.15. The van der Waals surface area contributed by atoms with Gasteiger partial charge in [-0.05, 0) is 0 Å². The molecule has 0 amide bonds. The van der Waals surface area contributed by atoms with Gasteiger partial charge in [-0.25, -0.2) is 0 Å². The number of rotatable bonds is 4. The average Bonchev–Trinajstić information content (AvgIpc) is 2.51. The Bertz CT molecular complexity index is 321. The summed E-state index contributed by atoms with van der Waals surface area (Å²) in [5.74, 6) is 0. The number of nitrogens with zero attached hydrogens (tertiary/aromatic N) is 2. The summed E-state index contributed by atoms with van der Waals surface area (Å²) in [7, 11) is -0.381. The van der Waals surface area contributed by atoms with E-state index in [1.54, 1.807) is 0 Å². The van der Waals surface area contributed by atoms with Crippen molar-refractivity contribution in [2.24, 2.45) is 0 Å². The number of nitrogen functional groups attached to an aromatic ring is 1. The average molecular weight is 223 g/mol. The molecule has 74 valence electrons. The summed E-state index contributed by atoms with van der Waals surface area (Å²) in [5, 5.41) is 8.18. The fraction of sp³-hybridized carbons (Fsp3) is 0.600. The number of nitrogens with two attached hydrogens (primary N) is 1. The molecule has 1 aromatic rings. The van der Waals surface area contributed by atoms with Gasteiger partial charge in [0.1, 0.15) is 11.2 Å². The number of aromatic nitrogens is 2. The molecule has 0 unspecified atom stereocenters. The van der Waals surface area contributed by atoms with E-state index in [2.05, 4.69) is 10.2 Å². The van der Waals surface area contributed by atoms with Crippen molar-refractivity contribution in [2.75, 3.05) is 20.0 Å². The molecule has 13 heavy (non-hydrogen) atoms. The van der Waals surface area contributed by atoms with Crippen LogP contribution in [0.5, 0.6) is 0 Å². The highest BCUT2D eigenvalue weighted by Gasteiger charge is 2.23. The molecule has 0 saturated heterocycles. The van der Waals surface area contributed by atoms with Crippen molar-refractivity contribution in [1.29, 1.82) is 0 Å². The molecule has 0 fully saturated rings. The van der Waals surface area contributed by atoms with Crippen LogP contribution in [0.15, 0.2) is 0 Å². The molecule has 0 atom stereocenters. The minimum Gasteiger partial charge on any atom is -0.374 e. The molecule has 0 bridgehead atoms. The van der Waals surface area contributed by atoms with Gasteiger partial charge >= 0.3 is 7.60 Å². The second-order valence-corrected chi connectivity index (χ2v) is 5.53. The Morgan fingerprint density at radius 2 is 2.08 bits per heavy atom. The van der Waals surface area contributed by atoms with E-state index in [9.17, 15) is 4.57 Å². The van der Waals surface area contributed by atoms with Gasteiger partial charge in [-0.3, -0.25) is 4.57 Å². The van der Waals surface area contributed by atoms with Crippen molar-refractivity contribution in [1.82, 2.24) is 10.2 Å². The van der Waals surface area contributed by atoms with Crippen LogP contribution in [0, 0.1) is 0 Å². The molecule has 1 heterocycles. The molecule has 1 rings (SSSR count). The maximum atomic E-state index is 11.6. The smallest absolute Gasteiger partial charge is 0.337 e. The van der Waals surface area contributed by atoms with Crippen molar-refractivity contribution in [2.45, 2.75) is 6.16 Å². The Labute approximate surface area is 79.6 Å². The largest absolute Gasteiger partial charge is 0.374 e. The van der Waals surface area contributed by atoms with Crippen LogP contribution in [0.4, 0.5) is 5.13 Å². The summed E-state index contributed by atoms with van der Waals surface area (Å²) in [4.78, 5) is 0. The van der Waals surface area contributed by atoms with Crippen molar-refractivity contribution in [3.05, 3.63) is 5.01 Å². The summed E-state index contributed by atoms with van der Waals surface area (Å²) in [5.41, 5.74) is 5.35.